The number of hydrogen-bond donors (Lipinski definition) is 1. The van der Waals surface area contributed by atoms with Gasteiger partial charge >= 0.3 is 0 Å². The first kappa shape index (κ1) is 10.9. The Morgan fingerprint density at radius 2 is 2.12 bits per heavy atom. The molecule has 0 saturated heterocycles. The van der Waals surface area contributed by atoms with Crippen molar-refractivity contribution in [3.63, 3.8) is 0 Å². The van der Waals surface area contributed by atoms with Crippen LogP contribution in [0.1, 0.15) is 5.69 Å². The third-order valence-corrected chi connectivity index (χ3v) is 2.24. The molecule has 0 radical (unpaired) electrons. The van der Waals surface area contributed by atoms with Crippen LogP contribution in [0.25, 0.3) is 11.2 Å². The molecule has 0 saturated carbocycles. The van der Waals surface area contributed by atoms with Crippen molar-refractivity contribution in [2.45, 2.75) is 12.5 Å². The number of hydrogen-bond acceptors (Lipinski definition) is 5. The van der Waals surface area contributed by atoms with Gasteiger partial charge in [-0.1, -0.05) is 0 Å². The van der Waals surface area contributed by atoms with Crippen molar-refractivity contribution in [2.75, 3.05) is 13.7 Å². The summed E-state index contributed by atoms with van der Waals surface area (Å²) in [5, 5.41) is 0. The van der Waals surface area contributed by atoms with E-state index in [0.29, 0.717) is 18.7 Å². The summed E-state index contributed by atoms with van der Waals surface area (Å²) in [5.74, 6) is 0. The number of rotatable bonds is 4. The van der Waals surface area contributed by atoms with Gasteiger partial charge in [-0.05, 0) is 12.1 Å². The molecular formula is C11H14N4O. The summed E-state index contributed by atoms with van der Waals surface area (Å²) in [4.78, 5) is 12.7. The number of nitrogens with zero attached hydrogens (tertiary/aromatic N) is 3. The molecule has 2 aromatic heterocycles. The van der Waals surface area contributed by atoms with Crippen LogP contribution in [0.3, 0.4) is 0 Å². The van der Waals surface area contributed by atoms with Crippen LogP contribution in [-0.4, -0.2) is 34.7 Å². The number of aromatic nitrogens is 3. The van der Waals surface area contributed by atoms with Crippen LogP contribution in [0.15, 0.2) is 24.5 Å². The van der Waals surface area contributed by atoms with Gasteiger partial charge in [0, 0.05) is 37.7 Å². The molecule has 0 amide bonds. The summed E-state index contributed by atoms with van der Waals surface area (Å²) in [6.07, 6.45) is 3.97. The van der Waals surface area contributed by atoms with E-state index in [2.05, 4.69) is 15.0 Å². The normalized spacial score (nSPS) is 12.9. The highest BCUT2D eigenvalue weighted by Gasteiger charge is 2.06. The fourth-order valence-electron chi connectivity index (χ4n) is 1.55. The minimum absolute atomic E-state index is 0.0355. The van der Waals surface area contributed by atoms with Crippen molar-refractivity contribution < 1.29 is 4.74 Å². The maximum atomic E-state index is 5.86. The maximum absolute atomic E-state index is 5.86. The zero-order valence-electron chi connectivity index (χ0n) is 9.13. The molecule has 1 unspecified atom stereocenters. The van der Waals surface area contributed by atoms with Gasteiger partial charge in [-0.15, -0.1) is 0 Å². The molecule has 5 heteroatoms. The molecular weight excluding hydrogens is 204 g/mol. The van der Waals surface area contributed by atoms with Gasteiger partial charge in [0.05, 0.1) is 6.61 Å². The Morgan fingerprint density at radius 3 is 2.94 bits per heavy atom. The van der Waals surface area contributed by atoms with Gasteiger partial charge in [-0.2, -0.15) is 0 Å². The topological polar surface area (TPSA) is 73.9 Å². The monoisotopic (exact) mass is 218 g/mol. The van der Waals surface area contributed by atoms with E-state index in [1.807, 2.05) is 12.1 Å². The Hall–Kier alpha value is -1.59. The Balaban J connectivity index is 2.19. The smallest absolute Gasteiger partial charge is 0.178 e. The second-order valence-corrected chi connectivity index (χ2v) is 3.62. The molecule has 2 aromatic rings. The van der Waals surface area contributed by atoms with E-state index in [-0.39, 0.29) is 6.04 Å². The molecule has 84 valence electrons. The first-order chi connectivity index (χ1) is 7.79. The van der Waals surface area contributed by atoms with Gasteiger partial charge in [-0.25, -0.2) is 9.97 Å². The van der Waals surface area contributed by atoms with E-state index in [9.17, 15) is 0 Å². The Kier molecular flexibility index (Phi) is 3.38. The van der Waals surface area contributed by atoms with Gasteiger partial charge < -0.3 is 10.5 Å². The lowest BCUT2D eigenvalue weighted by Gasteiger charge is -2.09. The van der Waals surface area contributed by atoms with Gasteiger partial charge in [0.15, 0.2) is 5.65 Å². The molecule has 2 N–H and O–H groups in total. The minimum atomic E-state index is -0.0355. The third kappa shape index (κ3) is 2.50. The highest BCUT2D eigenvalue weighted by Crippen LogP contribution is 2.07. The SMILES string of the molecule is COCC(N)Cc1ccc2nccnc2n1. The highest BCUT2D eigenvalue weighted by atomic mass is 16.5. The number of fused-ring (bicyclic) bond motifs is 1. The molecule has 0 aliphatic heterocycles. The summed E-state index contributed by atoms with van der Waals surface area (Å²) in [6, 6.07) is 3.79. The zero-order chi connectivity index (χ0) is 11.4. The van der Waals surface area contributed by atoms with E-state index in [1.54, 1.807) is 19.5 Å². The number of ether oxygens (including phenoxy) is 1. The van der Waals surface area contributed by atoms with Crippen molar-refractivity contribution >= 4 is 11.2 Å². The first-order valence-corrected chi connectivity index (χ1v) is 5.11. The van der Waals surface area contributed by atoms with Crippen LogP contribution >= 0.6 is 0 Å². The van der Waals surface area contributed by atoms with E-state index in [4.69, 9.17) is 10.5 Å². The summed E-state index contributed by atoms with van der Waals surface area (Å²) in [5.41, 5.74) is 8.23. The summed E-state index contributed by atoms with van der Waals surface area (Å²) >= 11 is 0. The predicted molar refractivity (Wildman–Crippen MR) is 60.9 cm³/mol. The van der Waals surface area contributed by atoms with Crippen molar-refractivity contribution in [1.82, 2.24) is 15.0 Å². The lowest BCUT2D eigenvalue weighted by molar-refractivity contribution is 0.179. The van der Waals surface area contributed by atoms with E-state index in [1.165, 1.54) is 0 Å². The van der Waals surface area contributed by atoms with Crippen LogP contribution in [0.5, 0.6) is 0 Å². The largest absolute Gasteiger partial charge is 0.383 e. The summed E-state index contributed by atoms with van der Waals surface area (Å²) < 4.78 is 4.98. The quantitative estimate of drug-likeness (QED) is 0.810. The molecule has 0 spiro atoms. The van der Waals surface area contributed by atoms with Crippen LogP contribution in [-0.2, 0) is 11.2 Å². The van der Waals surface area contributed by atoms with E-state index >= 15 is 0 Å². The standard InChI is InChI=1S/C11H14N4O/c1-16-7-8(12)6-9-2-3-10-11(15-9)14-5-4-13-10/h2-5,8H,6-7,12H2,1H3. The summed E-state index contributed by atoms with van der Waals surface area (Å²) in [6.45, 7) is 0.528. The molecule has 2 heterocycles. The van der Waals surface area contributed by atoms with Gasteiger partial charge in [-0.3, -0.25) is 4.98 Å². The Bertz CT molecular complexity index is 474. The molecule has 16 heavy (non-hydrogen) atoms. The van der Waals surface area contributed by atoms with Crippen molar-refractivity contribution in [3.8, 4) is 0 Å². The predicted octanol–water partition coefficient (Wildman–Crippen LogP) is 0.541. The lowest BCUT2D eigenvalue weighted by atomic mass is 10.1. The fraction of sp³-hybridized carbons (Fsp3) is 0.364. The summed E-state index contributed by atoms with van der Waals surface area (Å²) in [7, 11) is 1.64. The van der Waals surface area contributed by atoms with Crippen molar-refractivity contribution in [2.24, 2.45) is 5.73 Å². The van der Waals surface area contributed by atoms with Gasteiger partial charge in [0.2, 0.25) is 0 Å². The van der Waals surface area contributed by atoms with Gasteiger partial charge in [0.1, 0.15) is 5.52 Å². The number of pyridine rings is 1. The van der Waals surface area contributed by atoms with E-state index in [0.717, 1.165) is 11.2 Å². The molecule has 0 aliphatic rings. The molecule has 1 atom stereocenters. The second kappa shape index (κ2) is 4.96. The van der Waals surface area contributed by atoms with E-state index < -0.39 is 0 Å². The molecule has 0 fully saturated rings. The number of nitrogens with two attached hydrogens (primary N) is 1. The van der Waals surface area contributed by atoms with Gasteiger partial charge in [0.25, 0.3) is 0 Å². The van der Waals surface area contributed by atoms with Crippen molar-refractivity contribution in [3.05, 3.63) is 30.2 Å². The highest BCUT2D eigenvalue weighted by molar-refractivity contribution is 5.68. The second-order valence-electron chi connectivity index (χ2n) is 3.62. The Morgan fingerprint density at radius 1 is 1.31 bits per heavy atom. The van der Waals surface area contributed by atoms with Crippen LogP contribution in [0.4, 0.5) is 0 Å². The molecule has 0 aliphatic carbocycles. The average Bonchev–Trinajstić information content (AvgIpc) is 2.29. The molecule has 0 aromatic carbocycles. The minimum Gasteiger partial charge on any atom is -0.383 e. The lowest BCUT2D eigenvalue weighted by Crippen LogP contribution is -2.28. The zero-order valence-corrected chi connectivity index (χ0v) is 9.13. The average molecular weight is 218 g/mol. The van der Waals surface area contributed by atoms with Crippen LogP contribution < -0.4 is 5.73 Å². The maximum Gasteiger partial charge on any atom is 0.178 e. The molecule has 0 bridgehead atoms. The third-order valence-electron chi connectivity index (χ3n) is 2.24. The number of methoxy groups -OCH3 is 1. The molecule has 2 rings (SSSR count). The van der Waals surface area contributed by atoms with Crippen LogP contribution in [0, 0.1) is 0 Å². The fourth-order valence-corrected chi connectivity index (χ4v) is 1.55. The first-order valence-electron chi connectivity index (χ1n) is 5.11. The van der Waals surface area contributed by atoms with Crippen molar-refractivity contribution in [1.29, 1.82) is 0 Å². The van der Waals surface area contributed by atoms with Crippen LogP contribution in [0.2, 0.25) is 0 Å². The Labute approximate surface area is 93.7 Å². The molecule has 5 nitrogen and oxygen atoms in total.